The van der Waals surface area contributed by atoms with Crippen LogP contribution in [0, 0.1) is 0 Å². The largest absolute Gasteiger partial charge is 0.478 e. The van der Waals surface area contributed by atoms with Crippen LogP contribution in [0.25, 0.3) is 0 Å². The number of carbonyl (C=O) groups is 2. The standard InChI is InChI=1S/C10H10INO4/c1-5(11)12-8-3-6(9(13)14)2-7(4-8)10(15)16/h2-5,12H,1H3,(H,13,14)(H,15,16)/t5-/m0/s1. The van der Waals surface area contributed by atoms with Gasteiger partial charge in [-0.15, -0.1) is 0 Å². The molecule has 0 aromatic heterocycles. The van der Waals surface area contributed by atoms with Crippen LogP contribution >= 0.6 is 22.6 Å². The van der Waals surface area contributed by atoms with Crippen LogP contribution in [0.15, 0.2) is 18.2 Å². The van der Waals surface area contributed by atoms with E-state index < -0.39 is 11.9 Å². The second-order valence-corrected chi connectivity index (χ2v) is 5.04. The minimum atomic E-state index is -1.15. The molecule has 0 aliphatic heterocycles. The second-order valence-electron chi connectivity index (χ2n) is 3.17. The molecule has 0 aliphatic rings. The highest BCUT2D eigenvalue weighted by Gasteiger charge is 2.11. The minimum Gasteiger partial charge on any atom is -0.478 e. The van der Waals surface area contributed by atoms with Crippen molar-refractivity contribution in [3.8, 4) is 0 Å². The third-order valence-corrected chi connectivity index (χ3v) is 2.10. The van der Waals surface area contributed by atoms with Crippen LogP contribution in [0.5, 0.6) is 0 Å². The topological polar surface area (TPSA) is 86.6 Å². The summed E-state index contributed by atoms with van der Waals surface area (Å²) < 4.78 is 0.0725. The molecule has 16 heavy (non-hydrogen) atoms. The number of nitrogens with one attached hydrogen (secondary N) is 1. The molecule has 0 amide bonds. The number of aromatic carboxylic acids is 2. The van der Waals surface area contributed by atoms with Gasteiger partial charge in [0.1, 0.15) is 0 Å². The lowest BCUT2D eigenvalue weighted by Crippen LogP contribution is -2.09. The van der Waals surface area contributed by atoms with Crippen molar-refractivity contribution in [2.75, 3.05) is 5.32 Å². The van der Waals surface area contributed by atoms with Gasteiger partial charge in [-0.25, -0.2) is 9.59 Å². The maximum Gasteiger partial charge on any atom is 0.335 e. The van der Waals surface area contributed by atoms with Crippen molar-refractivity contribution in [2.24, 2.45) is 0 Å². The highest BCUT2D eigenvalue weighted by atomic mass is 127. The van der Waals surface area contributed by atoms with Gasteiger partial charge in [-0.3, -0.25) is 0 Å². The van der Waals surface area contributed by atoms with Crippen molar-refractivity contribution in [1.29, 1.82) is 0 Å². The minimum absolute atomic E-state index is 0.0422. The molecule has 1 aromatic carbocycles. The van der Waals surface area contributed by atoms with E-state index in [1.54, 1.807) is 0 Å². The summed E-state index contributed by atoms with van der Waals surface area (Å²) in [6.07, 6.45) is 0. The van der Waals surface area contributed by atoms with Crippen molar-refractivity contribution >= 4 is 40.2 Å². The first kappa shape index (κ1) is 12.8. The molecule has 0 bridgehead atoms. The fourth-order valence-corrected chi connectivity index (χ4v) is 1.55. The van der Waals surface area contributed by atoms with Gasteiger partial charge in [-0.05, 0) is 25.1 Å². The summed E-state index contributed by atoms with van der Waals surface area (Å²) in [5.41, 5.74) is 0.401. The quantitative estimate of drug-likeness (QED) is 0.446. The lowest BCUT2D eigenvalue weighted by atomic mass is 10.1. The Morgan fingerprint density at radius 2 is 1.62 bits per heavy atom. The molecule has 0 saturated heterocycles. The van der Waals surface area contributed by atoms with Crippen molar-refractivity contribution in [3.63, 3.8) is 0 Å². The maximum atomic E-state index is 10.8. The summed E-state index contributed by atoms with van der Waals surface area (Å²) in [4.78, 5) is 21.6. The van der Waals surface area contributed by atoms with E-state index in [-0.39, 0.29) is 15.2 Å². The summed E-state index contributed by atoms with van der Waals surface area (Å²) in [7, 11) is 0. The van der Waals surface area contributed by atoms with Gasteiger partial charge in [0.15, 0.2) is 0 Å². The highest BCUT2D eigenvalue weighted by molar-refractivity contribution is 14.1. The Hall–Kier alpha value is -1.31. The summed E-state index contributed by atoms with van der Waals surface area (Å²) in [5.74, 6) is -2.29. The molecule has 5 nitrogen and oxygen atoms in total. The van der Waals surface area contributed by atoms with Crippen molar-refractivity contribution in [1.82, 2.24) is 0 Å². The average molecular weight is 335 g/mol. The molecule has 0 radical (unpaired) electrons. The first-order valence-corrected chi connectivity index (χ1v) is 5.67. The molecule has 0 unspecified atom stereocenters. The molecular weight excluding hydrogens is 325 g/mol. The lowest BCUT2D eigenvalue weighted by Gasteiger charge is -2.10. The number of carboxylic acid groups (broad SMARTS) is 2. The number of rotatable bonds is 4. The Bertz CT molecular complexity index is 399. The van der Waals surface area contributed by atoms with Gasteiger partial charge in [0.05, 0.1) is 15.2 Å². The monoisotopic (exact) mass is 335 g/mol. The molecule has 1 aromatic rings. The Labute approximate surface area is 106 Å². The Morgan fingerprint density at radius 1 is 1.19 bits per heavy atom. The molecule has 0 saturated carbocycles. The molecule has 1 atom stereocenters. The van der Waals surface area contributed by atoms with Gasteiger partial charge in [-0.1, -0.05) is 22.6 Å². The molecule has 3 N–H and O–H groups in total. The van der Waals surface area contributed by atoms with Gasteiger partial charge in [0.2, 0.25) is 0 Å². The van der Waals surface area contributed by atoms with E-state index in [1.165, 1.54) is 12.1 Å². The van der Waals surface area contributed by atoms with Crippen LogP contribution in [-0.4, -0.2) is 26.2 Å². The molecule has 0 heterocycles. The summed E-state index contributed by atoms with van der Waals surface area (Å²) in [6, 6.07) is 3.95. The molecule has 0 aliphatic carbocycles. The number of carboxylic acids is 2. The third kappa shape index (κ3) is 3.37. The fourth-order valence-electron chi connectivity index (χ4n) is 1.19. The molecule has 86 valence electrons. The predicted molar refractivity (Wildman–Crippen MR) is 67.5 cm³/mol. The SMILES string of the molecule is C[C@@H](I)Nc1cc(C(=O)O)cc(C(=O)O)c1. The van der Waals surface area contributed by atoms with E-state index in [0.29, 0.717) is 5.69 Å². The predicted octanol–water partition coefficient (Wildman–Crippen LogP) is 2.28. The van der Waals surface area contributed by atoms with E-state index in [9.17, 15) is 9.59 Å². The summed E-state index contributed by atoms with van der Waals surface area (Å²) >= 11 is 2.10. The second kappa shape index (κ2) is 5.15. The normalized spacial score (nSPS) is 11.9. The van der Waals surface area contributed by atoms with E-state index in [2.05, 4.69) is 27.9 Å². The van der Waals surface area contributed by atoms with Crippen LogP contribution in [0.2, 0.25) is 0 Å². The van der Waals surface area contributed by atoms with E-state index in [0.717, 1.165) is 6.07 Å². The van der Waals surface area contributed by atoms with Crippen molar-refractivity contribution < 1.29 is 19.8 Å². The van der Waals surface area contributed by atoms with Gasteiger partial charge in [0, 0.05) is 5.69 Å². The van der Waals surface area contributed by atoms with Gasteiger partial charge in [0.25, 0.3) is 0 Å². The summed E-state index contributed by atoms with van der Waals surface area (Å²) in [5, 5.41) is 20.6. The lowest BCUT2D eigenvalue weighted by molar-refractivity contribution is 0.0696. The van der Waals surface area contributed by atoms with E-state index in [4.69, 9.17) is 10.2 Å². The van der Waals surface area contributed by atoms with Crippen LogP contribution in [-0.2, 0) is 0 Å². The van der Waals surface area contributed by atoms with Crippen LogP contribution in [0.3, 0.4) is 0 Å². The first-order chi connectivity index (χ1) is 7.40. The summed E-state index contributed by atoms with van der Waals surface area (Å²) in [6.45, 7) is 1.87. The zero-order valence-corrected chi connectivity index (χ0v) is 10.6. The van der Waals surface area contributed by atoms with Crippen molar-refractivity contribution in [2.45, 2.75) is 11.0 Å². The molecular formula is C10H10INO4. The Morgan fingerprint density at radius 3 is 1.94 bits per heavy atom. The van der Waals surface area contributed by atoms with E-state index >= 15 is 0 Å². The fraction of sp³-hybridized carbons (Fsp3) is 0.200. The van der Waals surface area contributed by atoms with Gasteiger partial charge < -0.3 is 15.5 Å². The first-order valence-electron chi connectivity index (χ1n) is 4.42. The molecule has 6 heteroatoms. The molecule has 0 fully saturated rings. The van der Waals surface area contributed by atoms with Crippen molar-refractivity contribution in [3.05, 3.63) is 29.3 Å². The highest BCUT2D eigenvalue weighted by Crippen LogP contribution is 2.17. The smallest absolute Gasteiger partial charge is 0.335 e. The van der Waals surface area contributed by atoms with E-state index in [1.807, 2.05) is 6.92 Å². The maximum absolute atomic E-state index is 10.8. The van der Waals surface area contributed by atoms with Gasteiger partial charge in [-0.2, -0.15) is 0 Å². The average Bonchev–Trinajstić information content (AvgIpc) is 2.15. The number of benzene rings is 1. The Kier molecular flexibility index (Phi) is 4.11. The van der Waals surface area contributed by atoms with Gasteiger partial charge >= 0.3 is 11.9 Å². The number of hydrogen-bond donors (Lipinski definition) is 3. The number of hydrogen-bond acceptors (Lipinski definition) is 3. The molecule has 0 spiro atoms. The number of alkyl halides is 1. The number of anilines is 1. The van der Waals surface area contributed by atoms with Crippen LogP contribution in [0.1, 0.15) is 27.6 Å². The number of halogens is 1. The van der Waals surface area contributed by atoms with Crippen LogP contribution in [0.4, 0.5) is 5.69 Å². The zero-order valence-electron chi connectivity index (χ0n) is 8.40. The van der Waals surface area contributed by atoms with Crippen LogP contribution < -0.4 is 5.32 Å². The Balaban J connectivity index is 3.18. The third-order valence-electron chi connectivity index (χ3n) is 1.79. The zero-order chi connectivity index (χ0) is 12.3. The molecule has 1 rings (SSSR count).